The fourth-order valence-electron chi connectivity index (χ4n) is 4.21. The van der Waals surface area contributed by atoms with Gasteiger partial charge in [0.15, 0.2) is 0 Å². The molecule has 8 heteroatoms. The lowest BCUT2D eigenvalue weighted by atomic mass is 10.0. The van der Waals surface area contributed by atoms with Crippen LogP contribution in [-0.4, -0.2) is 16.4 Å². The van der Waals surface area contributed by atoms with Crippen LogP contribution in [0.25, 0.3) is 0 Å². The molecule has 0 radical (unpaired) electrons. The quantitative estimate of drug-likeness (QED) is 0.0916. The summed E-state index contributed by atoms with van der Waals surface area (Å²) in [4.78, 5) is 17.8. The molecule has 0 aliphatic rings. The number of rotatable bonds is 21. The van der Waals surface area contributed by atoms with Gasteiger partial charge in [-0.3, -0.25) is 4.52 Å². The number of para-hydroxylation sites is 3. The molecule has 0 aliphatic heterocycles. The Morgan fingerprint density at radius 2 is 1.00 bits per heavy atom. The number of benzene rings is 3. The van der Waals surface area contributed by atoms with E-state index in [1.165, 1.54) is 64.2 Å². The van der Waals surface area contributed by atoms with Crippen molar-refractivity contribution in [3.05, 3.63) is 90.5 Å². The van der Waals surface area contributed by atoms with Crippen molar-refractivity contribution >= 4 is 17.2 Å². The van der Waals surface area contributed by atoms with Gasteiger partial charge in [0.05, 0.1) is 6.61 Å². The fraction of sp³-hybridized carbons (Fsp3) is 0.471. The van der Waals surface area contributed by atoms with Crippen molar-refractivity contribution in [3.63, 3.8) is 0 Å². The number of aryl methyl sites for hydroxylation is 1. The average Bonchev–Trinajstić information content (AvgIpc) is 3.00. The minimum absolute atomic E-state index is 0.599. The highest BCUT2D eigenvalue weighted by Crippen LogP contribution is 2.41. The first-order chi connectivity index (χ1) is 20.6. The zero-order valence-electron chi connectivity index (χ0n) is 25.4. The van der Waals surface area contributed by atoms with E-state index >= 15 is 0 Å². The minimum Gasteiger partial charge on any atom is -0.427 e. The molecule has 0 atom stereocenters. The Morgan fingerprint density at radius 1 is 0.524 bits per heavy atom. The molecule has 0 fully saturated rings. The minimum atomic E-state index is -2.32. The summed E-state index contributed by atoms with van der Waals surface area (Å²) in [7, 11) is -3.76. The first-order valence-corrected chi connectivity index (χ1v) is 17.7. The molecule has 3 rings (SSSR count). The van der Waals surface area contributed by atoms with Crippen molar-refractivity contribution in [2.24, 2.45) is 0 Å². The standard InChI is InChI=1S/C20H27O3P.C14H23O3P/c1-2-3-4-5-6-13-18-21-24(22-19-14-9-7-10-15-19)23-20-16-11-8-12-17-20;1-2-3-4-5-6-7-10-13-11-8-9-12-14(13)17-18(15)16/h7-12,14-17H,2-6,13,18H2,1H3;8-9,11-12,15-16H,2-7,10H2,1H3. The SMILES string of the molecule is CCCCCCCCOP(Oc1ccccc1)Oc1ccccc1.CCCCCCCCc1ccccc1OP(O)O. The predicted octanol–water partition coefficient (Wildman–Crippen LogP) is 10.9. The van der Waals surface area contributed by atoms with Gasteiger partial charge < -0.3 is 23.4 Å². The van der Waals surface area contributed by atoms with Crippen LogP contribution in [0.4, 0.5) is 0 Å². The van der Waals surface area contributed by atoms with Crippen molar-refractivity contribution in [3.8, 4) is 17.2 Å². The van der Waals surface area contributed by atoms with Gasteiger partial charge in [-0.25, -0.2) is 0 Å². The van der Waals surface area contributed by atoms with Crippen molar-refractivity contribution in [2.75, 3.05) is 6.61 Å². The van der Waals surface area contributed by atoms with Crippen LogP contribution in [0.2, 0.25) is 0 Å². The van der Waals surface area contributed by atoms with Gasteiger partial charge >= 0.3 is 17.2 Å². The average molecular weight is 617 g/mol. The topological polar surface area (TPSA) is 77.4 Å². The van der Waals surface area contributed by atoms with E-state index in [2.05, 4.69) is 13.8 Å². The van der Waals surface area contributed by atoms with Crippen molar-refractivity contribution in [1.29, 1.82) is 0 Å². The Kier molecular flexibility index (Phi) is 20.8. The highest BCUT2D eigenvalue weighted by atomic mass is 31.2. The smallest absolute Gasteiger partial charge is 0.427 e. The highest BCUT2D eigenvalue weighted by Gasteiger charge is 2.17. The number of unbranched alkanes of at least 4 members (excludes halogenated alkanes) is 10. The molecule has 3 aromatic rings. The molecule has 232 valence electrons. The Balaban J connectivity index is 0.000000307. The second-order valence-corrected chi connectivity index (χ2v) is 11.9. The lowest BCUT2D eigenvalue weighted by molar-refractivity contribution is 0.258. The van der Waals surface area contributed by atoms with Gasteiger partial charge in [0.2, 0.25) is 0 Å². The van der Waals surface area contributed by atoms with E-state index in [0.29, 0.717) is 12.4 Å². The van der Waals surface area contributed by atoms with E-state index in [0.717, 1.165) is 36.3 Å². The third-order valence-corrected chi connectivity index (χ3v) is 7.97. The van der Waals surface area contributed by atoms with Gasteiger partial charge in [-0.1, -0.05) is 133 Å². The summed E-state index contributed by atoms with van der Waals surface area (Å²) in [5.74, 6) is 2.13. The van der Waals surface area contributed by atoms with Crippen molar-refractivity contribution in [1.82, 2.24) is 0 Å². The normalized spacial score (nSPS) is 10.8. The third kappa shape index (κ3) is 17.7. The lowest BCUT2D eigenvalue weighted by Crippen LogP contribution is -2.01. The molecule has 0 amide bonds. The zero-order chi connectivity index (χ0) is 30.1. The van der Waals surface area contributed by atoms with Gasteiger partial charge in [-0.05, 0) is 55.2 Å². The van der Waals surface area contributed by atoms with Gasteiger partial charge in [0.1, 0.15) is 17.2 Å². The molecular formula is C34H50O6P2. The van der Waals surface area contributed by atoms with Gasteiger partial charge in [0.25, 0.3) is 0 Å². The molecule has 0 spiro atoms. The molecule has 2 N–H and O–H groups in total. The van der Waals surface area contributed by atoms with Crippen LogP contribution in [0, 0.1) is 0 Å². The summed E-state index contributed by atoms with van der Waals surface area (Å²) in [5, 5.41) is 0. The Morgan fingerprint density at radius 3 is 1.55 bits per heavy atom. The first-order valence-electron chi connectivity index (χ1n) is 15.4. The summed E-state index contributed by atoms with van der Waals surface area (Å²) < 4.78 is 22.7. The van der Waals surface area contributed by atoms with Crippen LogP contribution >= 0.6 is 17.2 Å². The lowest BCUT2D eigenvalue weighted by Gasteiger charge is -2.17. The molecule has 0 unspecified atom stereocenters. The Labute approximate surface area is 256 Å². The fourth-order valence-corrected chi connectivity index (χ4v) is 5.57. The van der Waals surface area contributed by atoms with Crippen molar-refractivity contribution < 1.29 is 27.9 Å². The predicted molar refractivity (Wildman–Crippen MR) is 176 cm³/mol. The maximum Gasteiger partial charge on any atom is 0.463 e. The molecular weight excluding hydrogens is 566 g/mol. The molecule has 0 heterocycles. The van der Waals surface area contributed by atoms with Gasteiger partial charge in [-0.15, -0.1) is 0 Å². The van der Waals surface area contributed by atoms with E-state index in [1.807, 2.05) is 78.9 Å². The molecule has 3 aromatic carbocycles. The molecule has 6 nitrogen and oxygen atoms in total. The monoisotopic (exact) mass is 616 g/mol. The second-order valence-electron chi connectivity index (χ2n) is 10.1. The van der Waals surface area contributed by atoms with Crippen LogP contribution in [0.3, 0.4) is 0 Å². The summed E-state index contributed by atoms with van der Waals surface area (Å²) in [6.07, 6.45) is 15.9. The highest BCUT2D eigenvalue weighted by molar-refractivity contribution is 7.42. The van der Waals surface area contributed by atoms with Crippen LogP contribution in [0.1, 0.15) is 96.5 Å². The third-order valence-electron chi connectivity index (χ3n) is 6.49. The maximum absolute atomic E-state index is 8.90. The van der Waals surface area contributed by atoms with E-state index in [1.54, 1.807) is 6.07 Å². The van der Waals surface area contributed by atoms with Crippen molar-refractivity contribution in [2.45, 2.75) is 97.3 Å². The number of hydrogen-bond acceptors (Lipinski definition) is 6. The summed E-state index contributed by atoms with van der Waals surface area (Å²) >= 11 is 0. The molecule has 0 aromatic heterocycles. The largest absolute Gasteiger partial charge is 0.463 e. The van der Waals surface area contributed by atoms with E-state index < -0.39 is 17.2 Å². The summed E-state index contributed by atoms with van der Waals surface area (Å²) in [6, 6.07) is 26.9. The Bertz CT molecular complexity index is 981. The molecule has 0 saturated carbocycles. The van der Waals surface area contributed by atoms with Crippen LogP contribution in [0.5, 0.6) is 17.2 Å². The van der Waals surface area contributed by atoms with E-state index in [-0.39, 0.29) is 0 Å². The zero-order valence-corrected chi connectivity index (χ0v) is 27.2. The van der Waals surface area contributed by atoms with Gasteiger partial charge in [0, 0.05) is 0 Å². The first kappa shape index (κ1) is 36.0. The molecule has 0 bridgehead atoms. The van der Waals surface area contributed by atoms with Gasteiger partial charge in [-0.2, -0.15) is 0 Å². The molecule has 42 heavy (non-hydrogen) atoms. The number of hydrogen-bond donors (Lipinski definition) is 2. The Hall–Kier alpha value is -2.20. The van der Waals surface area contributed by atoms with E-state index in [9.17, 15) is 0 Å². The van der Waals surface area contributed by atoms with Crippen LogP contribution in [0.15, 0.2) is 84.9 Å². The van der Waals surface area contributed by atoms with E-state index in [4.69, 9.17) is 27.9 Å². The molecule has 0 aliphatic carbocycles. The molecule has 0 saturated heterocycles. The van der Waals surface area contributed by atoms with Crippen LogP contribution in [-0.2, 0) is 10.9 Å². The van der Waals surface area contributed by atoms with Crippen LogP contribution < -0.4 is 13.6 Å². The summed E-state index contributed by atoms with van der Waals surface area (Å²) in [6.45, 7) is 5.12. The second kappa shape index (κ2) is 24.3. The summed E-state index contributed by atoms with van der Waals surface area (Å²) in [5.41, 5.74) is 1.06. The maximum atomic E-state index is 8.90.